The van der Waals surface area contributed by atoms with Gasteiger partial charge in [0.2, 0.25) is 5.91 Å². The number of phenols is 1. The molecule has 2 unspecified atom stereocenters. The van der Waals surface area contributed by atoms with Gasteiger partial charge in [0.1, 0.15) is 5.75 Å². The Bertz CT molecular complexity index is 1490. The smallest absolute Gasteiger partial charge is 0.235 e. The van der Waals surface area contributed by atoms with Gasteiger partial charge in [-0.1, -0.05) is 18.2 Å². The number of likely N-dealkylation sites (N-methyl/N-ethyl adjacent to an activating group) is 1. The molecule has 2 saturated carbocycles. The third-order valence-electron chi connectivity index (χ3n) is 9.59. The molecule has 2 aromatic carbocycles. The van der Waals surface area contributed by atoms with E-state index in [1.165, 1.54) is 4.90 Å². The van der Waals surface area contributed by atoms with Crippen LogP contribution in [-0.4, -0.2) is 87.9 Å². The van der Waals surface area contributed by atoms with Crippen molar-refractivity contribution in [1.82, 2.24) is 9.80 Å². The summed E-state index contributed by atoms with van der Waals surface area (Å²) in [5, 5.41) is 24.4. The third kappa shape index (κ3) is 3.62. The van der Waals surface area contributed by atoms with Crippen molar-refractivity contribution >= 4 is 39.8 Å². The maximum absolute atomic E-state index is 14.0. The number of phenolic OH excluding ortho intramolecular Hbond substituents is 1. The number of fused-ring (bicyclic) bond motifs is 4. The molecule has 0 spiro atoms. The van der Waals surface area contributed by atoms with Gasteiger partial charge in [-0.15, -0.1) is 0 Å². The number of hydrogen-bond donors (Lipinski definition) is 3. The highest BCUT2D eigenvalue weighted by atomic mass is 16.3. The maximum Gasteiger partial charge on any atom is 0.235 e. The molecule has 1 aliphatic heterocycles. The van der Waals surface area contributed by atoms with Crippen LogP contribution in [0.1, 0.15) is 40.7 Å². The van der Waals surface area contributed by atoms with Crippen LogP contribution < -0.4 is 5.73 Å². The fourth-order valence-corrected chi connectivity index (χ4v) is 7.78. The Morgan fingerprint density at radius 1 is 1.10 bits per heavy atom. The standard InChI is InChI=1S/C30H33N3O7/c1-32(2)23-19-12-16-10-15-11-18-14(13-33-8-3-4-9-33)6-5-7-17(18)24(34)20(15)25(35)21(16)27(37)30(19,40)28(38)22(26(23)36)29(31)39/h5-7,11,16,19,21-23,34,40H,3-4,8-10,12-13H2,1-2H3,(H2,31,39)/t16-,19-,21?,22?,23-,30-/m0/s1. The highest BCUT2D eigenvalue weighted by Crippen LogP contribution is 2.51. The van der Waals surface area contributed by atoms with Crippen molar-refractivity contribution in [3.05, 3.63) is 41.0 Å². The largest absolute Gasteiger partial charge is 0.507 e. The Balaban J connectivity index is 1.45. The Morgan fingerprint density at radius 2 is 1.80 bits per heavy atom. The second-order valence-electron chi connectivity index (χ2n) is 12.0. The number of ketones is 4. The van der Waals surface area contributed by atoms with E-state index in [-0.39, 0.29) is 24.2 Å². The van der Waals surface area contributed by atoms with Crippen LogP contribution in [0, 0.1) is 23.7 Å². The number of benzene rings is 2. The number of amides is 1. The van der Waals surface area contributed by atoms with Gasteiger partial charge in [-0.05, 0) is 81.4 Å². The summed E-state index contributed by atoms with van der Waals surface area (Å²) < 4.78 is 0. The van der Waals surface area contributed by atoms with E-state index < -0.39 is 64.4 Å². The molecule has 4 aliphatic rings. The molecule has 6 atom stereocenters. The normalized spacial score (nSPS) is 32.4. The fourth-order valence-electron chi connectivity index (χ4n) is 7.78. The quantitative estimate of drug-likeness (QED) is 0.467. The highest BCUT2D eigenvalue weighted by Gasteiger charge is 2.69. The summed E-state index contributed by atoms with van der Waals surface area (Å²) in [6, 6.07) is 6.38. The summed E-state index contributed by atoms with van der Waals surface area (Å²) >= 11 is 0. The number of nitrogens with two attached hydrogens (primary N) is 1. The average Bonchev–Trinajstić information content (AvgIpc) is 3.39. The number of aliphatic hydroxyl groups is 1. The maximum atomic E-state index is 14.0. The zero-order chi connectivity index (χ0) is 28.7. The van der Waals surface area contributed by atoms with Crippen LogP contribution in [0.4, 0.5) is 0 Å². The van der Waals surface area contributed by atoms with Gasteiger partial charge in [-0.25, -0.2) is 0 Å². The van der Waals surface area contributed by atoms with Crippen LogP contribution in [-0.2, 0) is 32.1 Å². The van der Waals surface area contributed by atoms with Crippen LogP contribution in [0.5, 0.6) is 5.75 Å². The summed E-state index contributed by atoms with van der Waals surface area (Å²) in [6.07, 6.45) is 2.58. The molecular weight excluding hydrogens is 514 g/mol. The number of Topliss-reactive ketones (excluding diaryl/α,β-unsaturated/α-hetero) is 4. The molecule has 10 heteroatoms. The van der Waals surface area contributed by atoms with E-state index in [0.29, 0.717) is 10.9 Å². The summed E-state index contributed by atoms with van der Waals surface area (Å²) in [5.41, 5.74) is 4.32. The van der Waals surface area contributed by atoms with Crippen LogP contribution in [0.15, 0.2) is 24.3 Å². The molecule has 1 heterocycles. The molecule has 3 fully saturated rings. The molecule has 10 nitrogen and oxygen atoms in total. The molecular formula is C30H33N3O7. The van der Waals surface area contributed by atoms with E-state index in [2.05, 4.69) is 4.90 Å². The Labute approximate surface area is 231 Å². The first-order valence-corrected chi connectivity index (χ1v) is 13.8. The first kappa shape index (κ1) is 26.7. The number of primary amides is 1. The topological polar surface area (TPSA) is 158 Å². The van der Waals surface area contributed by atoms with Gasteiger partial charge in [0.15, 0.2) is 34.7 Å². The van der Waals surface area contributed by atoms with Crippen molar-refractivity contribution in [3.8, 4) is 5.75 Å². The van der Waals surface area contributed by atoms with Crippen molar-refractivity contribution < 1.29 is 34.2 Å². The van der Waals surface area contributed by atoms with Crippen LogP contribution in [0.25, 0.3) is 10.8 Å². The molecule has 210 valence electrons. The Hall–Kier alpha value is -3.47. The van der Waals surface area contributed by atoms with Gasteiger partial charge >= 0.3 is 0 Å². The van der Waals surface area contributed by atoms with Crippen molar-refractivity contribution in [2.75, 3.05) is 27.2 Å². The number of carbonyl (C=O) groups is 5. The van der Waals surface area contributed by atoms with Gasteiger partial charge in [0, 0.05) is 17.8 Å². The van der Waals surface area contributed by atoms with E-state index in [4.69, 9.17) is 5.73 Å². The minimum atomic E-state index is -2.72. The van der Waals surface area contributed by atoms with Crippen LogP contribution in [0.3, 0.4) is 0 Å². The second kappa shape index (κ2) is 9.29. The van der Waals surface area contributed by atoms with Crippen molar-refractivity contribution in [2.24, 2.45) is 29.4 Å². The summed E-state index contributed by atoms with van der Waals surface area (Å²) in [4.78, 5) is 70.4. The number of nitrogens with zero attached hydrogens (tertiary/aromatic N) is 2. The molecule has 3 aliphatic carbocycles. The number of hydrogen-bond acceptors (Lipinski definition) is 9. The molecule has 6 rings (SSSR count). The average molecular weight is 548 g/mol. The first-order valence-electron chi connectivity index (χ1n) is 13.8. The minimum Gasteiger partial charge on any atom is -0.507 e. The molecule has 1 saturated heterocycles. The SMILES string of the molecule is CN(C)[C@@H]1C(=O)C(C(N)=O)C(=O)[C@@]2(O)C(=O)C3C(=O)c4c(cc5c(CN6CCCC6)cccc5c4O)C[C@H]3C[C@@H]12. The Morgan fingerprint density at radius 3 is 2.45 bits per heavy atom. The summed E-state index contributed by atoms with van der Waals surface area (Å²) in [6.45, 7) is 2.73. The van der Waals surface area contributed by atoms with E-state index >= 15 is 0 Å². The highest BCUT2D eigenvalue weighted by molar-refractivity contribution is 6.32. The number of aromatic hydroxyl groups is 1. The monoisotopic (exact) mass is 547 g/mol. The summed E-state index contributed by atoms with van der Waals surface area (Å²) in [7, 11) is 3.14. The lowest BCUT2D eigenvalue weighted by Gasteiger charge is -2.52. The Kier molecular flexibility index (Phi) is 6.21. The van der Waals surface area contributed by atoms with E-state index in [0.717, 1.165) is 43.4 Å². The number of carbonyl (C=O) groups excluding carboxylic acids is 5. The van der Waals surface area contributed by atoms with E-state index in [9.17, 15) is 34.2 Å². The molecule has 0 aromatic heterocycles. The molecule has 4 N–H and O–H groups in total. The lowest BCUT2D eigenvalue weighted by molar-refractivity contribution is -0.181. The van der Waals surface area contributed by atoms with Gasteiger partial charge in [0.25, 0.3) is 0 Å². The lowest BCUT2D eigenvalue weighted by Crippen LogP contribution is -2.74. The molecule has 0 bridgehead atoms. The van der Waals surface area contributed by atoms with Crippen LogP contribution >= 0.6 is 0 Å². The molecule has 2 aromatic rings. The van der Waals surface area contributed by atoms with Crippen molar-refractivity contribution in [2.45, 2.75) is 43.9 Å². The van der Waals surface area contributed by atoms with Crippen LogP contribution in [0.2, 0.25) is 0 Å². The van der Waals surface area contributed by atoms with E-state index in [1.54, 1.807) is 20.2 Å². The van der Waals surface area contributed by atoms with Gasteiger partial charge in [-0.2, -0.15) is 0 Å². The van der Waals surface area contributed by atoms with Gasteiger partial charge < -0.3 is 15.9 Å². The third-order valence-corrected chi connectivity index (χ3v) is 9.59. The van der Waals surface area contributed by atoms with E-state index in [1.807, 2.05) is 18.2 Å². The fraction of sp³-hybridized carbons (Fsp3) is 0.500. The number of rotatable bonds is 4. The van der Waals surface area contributed by atoms with Crippen molar-refractivity contribution in [1.29, 1.82) is 0 Å². The molecule has 1 amide bonds. The lowest BCUT2D eigenvalue weighted by atomic mass is 9.52. The predicted molar refractivity (Wildman–Crippen MR) is 143 cm³/mol. The second-order valence-corrected chi connectivity index (χ2v) is 12.0. The summed E-state index contributed by atoms with van der Waals surface area (Å²) in [5.74, 6) is -10.2. The first-order chi connectivity index (χ1) is 19.0. The minimum absolute atomic E-state index is 0.0254. The molecule has 0 radical (unpaired) electrons. The number of likely N-dealkylation sites (tertiary alicyclic amines) is 1. The predicted octanol–water partition coefficient (Wildman–Crippen LogP) is 0.616. The zero-order valence-electron chi connectivity index (χ0n) is 22.6. The van der Waals surface area contributed by atoms with Crippen molar-refractivity contribution in [3.63, 3.8) is 0 Å². The van der Waals surface area contributed by atoms with Gasteiger partial charge in [-0.3, -0.25) is 33.8 Å². The molecule has 40 heavy (non-hydrogen) atoms. The van der Waals surface area contributed by atoms with Gasteiger partial charge in [0.05, 0.1) is 17.5 Å². The zero-order valence-corrected chi connectivity index (χ0v) is 22.6.